The highest BCUT2D eigenvalue weighted by Crippen LogP contribution is 2.38. The lowest BCUT2D eigenvalue weighted by molar-refractivity contribution is 0.0533. The molecular formula is C22H24N2O3S2. The van der Waals surface area contributed by atoms with Gasteiger partial charge >= 0.3 is 5.97 Å². The summed E-state index contributed by atoms with van der Waals surface area (Å²) < 4.78 is 5.21. The summed E-state index contributed by atoms with van der Waals surface area (Å²) >= 11 is 2.94. The second-order valence-corrected chi connectivity index (χ2v) is 9.58. The molecule has 7 heteroatoms. The molecule has 1 aromatic carbocycles. The third-order valence-electron chi connectivity index (χ3n) is 4.15. The summed E-state index contributed by atoms with van der Waals surface area (Å²) in [5.74, 6) is -0.714. The number of benzene rings is 1. The number of anilines is 1. The lowest BCUT2D eigenvalue weighted by atomic mass is 10.1. The summed E-state index contributed by atoms with van der Waals surface area (Å²) in [7, 11) is 0. The highest BCUT2D eigenvalue weighted by atomic mass is 32.2. The van der Waals surface area contributed by atoms with Crippen LogP contribution in [0.5, 0.6) is 0 Å². The number of hydrogen-bond donors (Lipinski definition) is 1. The van der Waals surface area contributed by atoms with Gasteiger partial charge in [-0.15, -0.1) is 23.1 Å². The van der Waals surface area contributed by atoms with Gasteiger partial charge in [0, 0.05) is 26.8 Å². The summed E-state index contributed by atoms with van der Waals surface area (Å²) in [6.07, 6.45) is 0. The van der Waals surface area contributed by atoms with E-state index in [1.165, 1.54) is 11.3 Å². The molecule has 29 heavy (non-hydrogen) atoms. The average molecular weight is 429 g/mol. The number of aromatic nitrogens is 1. The van der Waals surface area contributed by atoms with Crippen molar-refractivity contribution >= 4 is 50.9 Å². The van der Waals surface area contributed by atoms with Gasteiger partial charge in [-0.2, -0.15) is 0 Å². The number of carbonyl (C=O) groups excluding carboxylic acids is 2. The van der Waals surface area contributed by atoms with Crippen LogP contribution in [0, 0.1) is 13.8 Å². The van der Waals surface area contributed by atoms with Crippen molar-refractivity contribution in [2.24, 2.45) is 0 Å². The molecule has 0 saturated heterocycles. The Hall–Kier alpha value is -2.38. The molecule has 3 aromatic rings. The van der Waals surface area contributed by atoms with Crippen LogP contribution in [0.1, 0.15) is 52.1 Å². The Bertz CT molecular complexity index is 1070. The predicted octanol–water partition coefficient (Wildman–Crippen LogP) is 5.84. The van der Waals surface area contributed by atoms with Crippen molar-refractivity contribution in [2.45, 2.75) is 44.8 Å². The van der Waals surface area contributed by atoms with Crippen LogP contribution < -0.4 is 5.32 Å². The van der Waals surface area contributed by atoms with Gasteiger partial charge in [0.2, 0.25) is 0 Å². The van der Waals surface area contributed by atoms with Gasteiger partial charge in [-0.25, -0.2) is 9.78 Å². The van der Waals surface area contributed by atoms with Gasteiger partial charge in [0.1, 0.15) is 9.71 Å². The van der Waals surface area contributed by atoms with Crippen LogP contribution in [0.4, 0.5) is 5.69 Å². The van der Waals surface area contributed by atoms with E-state index in [1.54, 1.807) is 24.8 Å². The van der Waals surface area contributed by atoms with Crippen LogP contribution in [-0.4, -0.2) is 28.7 Å². The van der Waals surface area contributed by atoms with Crippen molar-refractivity contribution < 1.29 is 14.3 Å². The van der Waals surface area contributed by atoms with Crippen molar-refractivity contribution in [3.8, 4) is 0 Å². The number of pyridine rings is 1. The van der Waals surface area contributed by atoms with Gasteiger partial charge < -0.3 is 10.1 Å². The number of hydrogen-bond acceptors (Lipinski definition) is 6. The number of nitrogens with zero attached hydrogens (tertiary/aromatic N) is 1. The average Bonchev–Trinajstić information content (AvgIpc) is 3.00. The third kappa shape index (κ3) is 4.79. The normalized spacial score (nSPS) is 11.1. The molecule has 0 saturated carbocycles. The number of esters is 1. The molecule has 1 amide bonds. The summed E-state index contributed by atoms with van der Waals surface area (Å²) in [6.45, 7) is 10.1. The van der Waals surface area contributed by atoms with Crippen molar-refractivity contribution in [2.75, 3.05) is 11.9 Å². The summed E-state index contributed by atoms with van der Waals surface area (Å²) in [4.78, 5) is 32.2. The van der Waals surface area contributed by atoms with Crippen LogP contribution in [0.3, 0.4) is 0 Å². The fourth-order valence-electron chi connectivity index (χ4n) is 3.07. The first kappa shape index (κ1) is 21.3. The minimum Gasteiger partial charge on any atom is -0.462 e. The Balaban J connectivity index is 2.03. The first-order chi connectivity index (χ1) is 13.8. The number of nitrogens with one attached hydrogen (secondary N) is 1. The minimum absolute atomic E-state index is 0.263. The monoisotopic (exact) mass is 428 g/mol. The summed E-state index contributed by atoms with van der Waals surface area (Å²) in [6, 6.07) is 9.44. The Labute approximate surface area is 178 Å². The van der Waals surface area contributed by atoms with E-state index in [2.05, 4.69) is 24.1 Å². The van der Waals surface area contributed by atoms with E-state index >= 15 is 0 Å². The van der Waals surface area contributed by atoms with Crippen LogP contribution >= 0.6 is 23.1 Å². The summed E-state index contributed by atoms with van der Waals surface area (Å²) in [5.41, 5.74) is 2.84. The van der Waals surface area contributed by atoms with Crippen molar-refractivity contribution in [3.63, 3.8) is 0 Å². The van der Waals surface area contributed by atoms with E-state index in [9.17, 15) is 9.59 Å². The quantitative estimate of drug-likeness (QED) is 0.394. The Kier molecular flexibility index (Phi) is 6.59. The smallest absolute Gasteiger partial charge is 0.350 e. The molecule has 2 aromatic heterocycles. The van der Waals surface area contributed by atoms with Crippen LogP contribution in [0.2, 0.25) is 0 Å². The number of thiophene rings is 1. The lowest BCUT2D eigenvalue weighted by Crippen LogP contribution is -2.15. The van der Waals surface area contributed by atoms with E-state index in [0.717, 1.165) is 21.5 Å². The molecule has 0 fully saturated rings. The van der Waals surface area contributed by atoms with Crippen molar-refractivity contribution in [1.82, 2.24) is 4.98 Å². The number of thioether (sulfide) groups is 1. The molecule has 0 unspecified atom stereocenters. The van der Waals surface area contributed by atoms with Gasteiger partial charge in [-0.1, -0.05) is 19.9 Å². The van der Waals surface area contributed by atoms with E-state index in [4.69, 9.17) is 4.74 Å². The lowest BCUT2D eigenvalue weighted by Gasteiger charge is -2.10. The molecule has 5 nitrogen and oxygen atoms in total. The van der Waals surface area contributed by atoms with E-state index in [-0.39, 0.29) is 12.5 Å². The zero-order valence-electron chi connectivity index (χ0n) is 17.2. The largest absolute Gasteiger partial charge is 0.462 e. The van der Waals surface area contributed by atoms with Crippen LogP contribution in [0.15, 0.2) is 35.2 Å². The number of amides is 1. The van der Waals surface area contributed by atoms with Crippen LogP contribution in [-0.2, 0) is 4.74 Å². The fraction of sp³-hybridized carbons (Fsp3) is 0.318. The summed E-state index contributed by atoms with van der Waals surface area (Å²) in [5, 5.41) is 4.15. The number of fused-ring (bicyclic) bond motifs is 1. The van der Waals surface area contributed by atoms with E-state index in [1.807, 2.05) is 38.1 Å². The van der Waals surface area contributed by atoms with Gasteiger partial charge in [0.05, 0.1) is 12.3 Å². The fourth-order valence-corrected chi connectivity index (χ4v) is 5.11. The molecule has 0 aliphatic rings. The highest BCUT2D eigenvalue weighted by Gasteiger charge is 2.24. The second kappa shape index (κ2) is 8.97. The third-order valence-corrected chi connectivity index (χ3v) is 6.22. The topological polar surface area (TPSA) is 68.3 Å². The van der Waals surface area contributed by atoms with E-state index < -0.39 is 5.97 Å². The predicted molar refractivity (Wildman–Crippen MR) is 120 cm³/mol. The van der Waals surface area contributed by atoms with Crippen LogP contribution in [0.25, 0.3) is 10.2 Å². The number of aryl methyl sites for hydroxylation is 2. The molecule has 2 heterocycles. The molecule has 0 aliphatic carbocycles. The Morgan fingerprint density at radius 1 is 1.24 bits per heavy atom. The molecule has 1 N–H and O–H groups in total. The van der Waals surface area contributed by atoms with Crippen molar-refractivity contribution in [1.29, 1.82) is 0 Å². The number of rotatable bonds is 6. The standard InChI is InChI=1S/C22H24N2O3S2/c1-6-27-22(26)19-18(17-13(4)10-14(5)23-21(17)29-19)24-20(25)15-8-7-9-16(11-15)28-12(2)3/h7-12H,6H2,1-5H3,(H,24,25). The SMILES string of the molecule is CCOC(=O)c1sc2nc(C)cc(C)c2c1NC(=O)c1cccc(SC(C)C)c1. The zero-order chi connectivity index (χ0) is 21.1. The molecule has 0 bridgehead atoms. The zero-order valence-corrected chi connectivity index (χ0v) is 18.8. The van der Waals surface area contributed by atoms with E-state index in [0.29, 0.717) is 26.2 Å². The maximum atomic E-state index is 13.0. The maximum absolute atomic E-state index is 13.0. The van der Waals surface area contributed by atoms with Crippen molar-refractivity contribution in [3.05, 3.63) is 52.0 Å². The molecule has 0 aliphatic heterocycles. The first-order valence-electron chi connectivity index (χ1n) is 9.46. The highest BCUT2D eigenvalue weighted by molar-refractivity contribution is 7.99. The first-order valence-corrected chi connectivity index (χ1v) is 11.2. The maximum Gasteiger partial charge on any atom is 0.350 e. The number of ether oxygens (including phenoxy) is 1. The molecular weight excluding hydrogens is 404 g/mol. The van der Waals surface area contributed by atoms with Gasteiger partial charge in [0.15, 0.2) is 0 Å². The molecule has 0 radical (unpaired) electrons. The molecule has 152 valence electrons. The van der Waals surface area contributed by atoms with Gasteiger partial charge in [-0.05, 0) is 50.6 Å². The minimum atomic E-state index is -0.452. The van der Waals surface area contributed by atoms with Gasteiger partial charge in [0.25, 0.3) is 5.91 Å². The molecule has 0 spiro atoms. The number of carbonyl (C=O) groups is 2. The second-order valence-electron chi connectivity index (χ2n) is 6.94. The van der Waals surface area contributed by atoms with Gasteiger partial charge in [-0.3, -0.25) is 4.79 Å². The Morgan fingerprint density at radius 2 is 2.00 bits per heavy atom. The Morgan fingerprint density at radius 3 is 2.69 bits per heavy atom. The molecule has 0 atom stereocenters. The molecule has 3 rings (SSSR count).